The summed E-state index contributed by atoms with van der Waals surface area (Å²) in [5, 5.41) is 3.28. The zero-order chi connectivity index (χ0) is 13.1. The largest absolute Gasteiger partial charge is 0.341 e. The molecule has 1 aromatic carbocycles. The van der Waals surface area contributed by atoms with Gasteiger partial charge in [0.25, 0.3) is 0 Å². The van der Waals surface area contributed by atoms with E-state index in [9.17, 15) is 4.79 Å². The fraction of sp³-hybridized carbons (Fsp3) is 0.533. The quantitative estimate of drug-likeness (QED) is 0.882. The van der Waals surface area contributed by atoms with Gasteiger partial charge in [-0.3, -0.25) is 4.79 Å². The van der Waals surface area contributed by atoms with Gasteiger partial charge >= 0.3 is 0 Å². The van der Waals surface area contributed by atoms with Gasteiger partial charge in [0, 0.05) is 20.1 Å². The summed E-state index contributed by atoms with van der Waals surface area (Å²) >= 11 is 0. The summed E-state index contributed by atoms with van der Waals surface area (Å²) < 4.78 is 0. The third kappa shape index (κ3) is 2.91. The molecular weight excluding hydrogens is 224 g/mol. The van der Waals surface area contributed by atoms with E-state index in [2.05, 4.69) is 37.4 Å². The zero-order valence-electron chi connectivity index (χ0n) is 11.4. The average molecular weight is 246 g/mol. The van der Waals surface area contributed by atoms with Crippen LogP contribution in [0.15, 0.2) is 24.3 Å². The maximum absolute atomic E-state index is 12.3. The van der Waals surface area contributed by atoms with Crippen LogP contribution in [0, 0.1) is 18.8 Å². The SMILES string of the molecule is Cc1cccc(CN(C)C(=O)[C@@H]2CNC[C@H]2C)c1. The molecule has 98 valence electrons. The van der Waals surface area contributed by atoms with Crippen LogP contribution in [-0.4, -0.2) is 30.9 Å². The number of aryl methyl sites for hydroxylation is 1. The Balaban J connectivity index is 1.99. The van der Waals surface area contributed by atoms with Crippen LogP contribution in [0.4, 0.5) is 0 Å². The second-order valence-corrected chi connectivity index (χ2v) is 5.43. The van der Waals surface area contributed by atoms with E-state index < -0.39 is 0 Å². The van der Waals surface area contributed by atoms with Crippen LogP contribution in [0.2, 0.25) is 0 Å². The molecule has 0 unspecified atom stereocenters. The highest BCUT2D eigenvalue weighted by Crippen LogP contribution is 2.19. The molecule has 0 radical (unpaired) electrons. The van der Waals surface area contributed by atoms with E-state index >= 15 is 0 Å². The second kappa shape index (κ2) is 5.53. The predicted molar refractivity (Wildman–Crippen MR) is 73.2 cm³/mol. The van der Waals surface area contributed by atoms with E-state index in [0.717, 1.165) is 13.1 Å². The molecule has 2 rings (SSSR count). The van der Waals surface area contributed by atoms with Crippen molar-refractivity contribution in [1.29, 1.82) is 0 Å². The van der Waals surface area contributed by atoms with Crippen LogP contribution in [-0.2, 0) is 11.3 Å². The first-order chi connectivity index (χ1) is 8.58. The van der Waals surface area contributed by atoms with Gasteiger partial charge in [0.2, 0.25) is 5.91 Å². The molecule has 18 heavy (non-hydrogen) atoms. The van der Waals surface area contributed by atoms with Gasteiger partial charge in [-0.2, -0.15) is 0 Å². The molecule has 1 N–H and O–H groups in total. The number of nitrogens with one attached hydrogen (secondary N) is 1. The van der Waals surface area contributed by atoms with Crippen LogP contribution in [0.5, 0.6) is 0 Å². The molecule has 1 amide bonds. The lowest BCUT2D eigenvalue weighted by molar-refractivity contribution is -0.135. The van der Waals surface area contributed by atoms with Crippen LogP contribution < -0.4 is 5.32 Å². The Bertz CT molecular complexity index is 430. The van der Waals surface area contributed by atoms with E-state index in [1.165, 1.54) is 11.1 Å². The van der Waals surface area contributed by atoms with E-state index in [1.807, 2.05) is 18.0 Å². The lowest BCUT2D eigenvalue weighted by atomic mass is 9.96. The Morgan fingerprint density at radius 2 is 2.22 bits per heavy atom. The Labute approximate surface area is 109 Å². The Kier molecular flexibility index (Phi) is 4.02. The van der Waals surface area contributed by atoms with Gasteiger partial charge in [0.05, 0.1) is 5.92 Å². The first kappa shape index (κ1) is 13.1. The van der Waals surface area contributed by atoms with Crippen molar-refractivity contribution in [2.45, 2.75) is 20.4 Å². The molecule has 1 aliphatic rings. The standard InChI is InChI=1S/C15H22N2O/c1-11-5-4-6-13(7-11)10-17(3)15(18)14-9-16-8-12(14)2/h4-7,12,14,16H,8-10H2,1-3H3/t12-,14-/m1/s1. The normalized spacial score (nSPS) is 23.1. The second-order valence-electron chi connectivity index (χ2n) is 5.43. The summed E-state index contributed by atoms with van der Waals surface area (Å²) in [6, 6.07) is 8.34. The third-order valence-corrected chi connectivity index (χ3v) is 3.71. The van der Waals surface area contributed by atoms with Gasteiger partial charge in [-0.25, -0.2) is 0 Å². The summed E-state index contributed by atoms with van der Waals surface area (Å²) in [6.45, 7) is 6.69. The van der Waals surface area contributed by atoms with E-state index in [-0.39, 0.29) is 11.8 Å². The van der Waals surface area contributed by atoms with Crippen LogP contribution in [0.3, 0.4) is 0 Å². The number of rotatable bonds is 3. The molecule has 0 aromatic heterocycles. The van der Waals surface area contributed by atoms with Crippen molar-refractivity contribution in [3.8, 4) is 0 Å². The van der Waals surface area contributed by atoms with Crippen molar-refractivity contribution in [3.05, 3.63) is 35.4 Å². The fourth-order valence-electron chi connectivity index (χ4n) is 2.59. The zero-order valence-corrected chi connectivity index (χ0v) is 11.4. The Hall–Kier alpha value is -1.35. The van der Waals surface area contributed by atoms with Crippen LogP contribution in [0.1, 0.15) is 18.1 Å². The van der Waals surface area contributed by atoms with Crippen molar-refractivity contribution in [2.75, 3.05) is 20.1 Å². The number of nitrogens with zero attached hydrogens (tertiary/aromatic N) is 1. The summed E-state index contributed by atoms with van der Waals surface area (Å²) in [7, 11) is 1.90. The molecule has 1 saturated heterocycles. The minimum atomic E-state index is 0.139. The predicted octanol–water partition coefficient (Wildman–Crippen LogP) is 1.81. The monoisotopic (exact) mass is 246 g/mol. The molecule has 1 aliphatic heterocycles. The molecular formula is C15H22N2O. The highest BCUT2D eigenvalue weighted by Gasteiger charge is 2.31. The molecule has 0 saturated carbocycles. The Morgan fingerprint density at radius 3 is 2.83 bits per heavy atom. The number of hydrogen-bond acceptors (Lipinski definition) is 2. The van der Waals surface area contributed by atoms with Gasteiger partial charge in [0.1, 0.15) is 0 Å². The Morgan fingerprint density at radius 1 is 1.44 bits per heavy atom. The van der Waals surface area contributed by atoms with Gasteiger partial charge in [0.15, 0.2) is 0 Å². The fourth-order valence-corrected chi connectivity index (χ4v) is 2.59. The molecule has 2 atom stereocenters. The van der Waals surface area contributed by atoms with Crippen molar-refractivity contribution in [2.24, 2.45) is 11.8 Å². The topological polar surface area (TPSA) is 32.3 Å². The molecule has 1 heterocycles. The minimum Gasteiger partial charge on any atom is -0.341 e. The van der Waals surface area contributed by atoms with Gasteiger partial charge in [-0.05, 0) is 24.9 Å². The third-order valence-electron chi connectivity index (χ3n) is 3.71. The molecule has 1 aromatic rings. The number of amides is 1. The van der Waals surface area contributed by atoms with Crippen molar-refractivity contribution in [3.63, 3.8) is 0 Å². The highest BCUT2D eigenvalue weighted by atomic mass is 16.2. The smallest absolute Gasteiger partial charge is 0.227 e. The number of carbonyl (C=O) groups is 1. The molecule has 3 heteroatoms. The van der Waals surface area contributed by atoms with Crippen molar-refractivity contribution in [1.82, 2.24) is 10.2 Å². The van der Waals surface area contributed by atoms with E-state index in [0.29, 0.717) is 12.5 Å². The first-order valence-corrected chi connectivity index (χ1v) is 6.59. The summed E-state index contributed by atoms with van der Waals surface area (Å²) in [6.07, 6.45) is 0. The number of carbonyl (C=O) groups excluding carboxylic acids is 1. The number of hydrogen-bond donors (Lipinski definition) is 1. The molecule has 1 fully saturated rings. The van der Waals surface area contributed by atoms with Crippen molar-refractivity contribution >= 4 is 5.91 Å². The van der Waals surface area contributed by atoms with Gasteiger partial charge < -0.3 is 10.2 Å². The highest BCUT2D eigenvalue weighted by molar-refractivity contribution is 5.79. The minimum absolute atomic E-state index is 0.139. The van der Waals surface area contributed by atoms with Gasteiger partial charge in [-0.1, -0.05) is 36.8 Å². The van der Waals surface area contributed by atoms with Crippen LogP contribution in [0.25, 0.3) is 0 Å². The lowest BCUT2D eigenvalue weighted by Crippen LogP contribution is -2.35. The molecule has 0 aliphatic carbocycles. The van der Waals surface area contributed by atoms with E-state index in [1.54, 1.807) is 0 Å². The molecule has 0 spiro atoms. The summed E-state index contributed by atoms with van der Waals surface area (Å²) in [5.74, 6) is 0.839. The van der Waals surface area contributed by atoms with Gasteiger partial charge in [-0.15, -0.1) is 0 Å². The first-order valence-electron chi connectivity index (χ1n) is 6.59. The maximum Gasteiger partial charge on any atom is 0.227 e. The van der Waals surface area contributed by atoms with Crippen LogP contribution >= 0.6 is 0 Å². The maximum atomic E-state index is 12.3. The lowest BCUT2D eigenvalue weighted by Gasteiger charge is -2.23. The number of benzene rings is 1. The average Bonchev–Trinajstić information content (AvgIpc) is 2.74. The molecule has 0 bridgehead atoms. The van der Waals surface area contributed by atoms with E-state index in [4.69, 9.17) is 0 Å². The molecule has 3 nitrogen and oxygen atoms in total. The van der Waals surface area contributed by atoms with Crippen molar-refractivity contribution < 1.29 is 4.79 Å². The summed E-state index contributed by atoms with van der Waals surface area (Å²) in [4.78, 5) is 14.2. The summed E-state index contributed by atoms with van der Waals surface area (Å²) in [5.41, 5.74) is 2.44.